The van der Waals surface area contributed by atoms with Gasteiger partial charge in [-0.3, -0.25) is 4.79 Å². The van der Waals surface area contributed by atoms with Crippen LogP contribution >= 0.6 is 0 Å². The number of methoxy groups -OCH3 is 1. The normalized spacial score (nSPS) is 9.38. The molecule has 0 spiro atoms. The molecule has 1 amide bonds. The van der Waals surface area contributed by atoms with Gasteiger partial charge in [0.25, 0.3) is 0 Å². The van der Waals surface area contributed by atoms with Crippen molar-refractivity contribution in [2.45, 2.75) is 6.92 Å². The Hall–Kier alpha value is -2.10. The summed E-state index contributed by atoms with van der Waals surface area (Å²) < 4.78 is 4.63. The number of carbonyl (C=O) groups excluding carboxylic acids is 2. The molecule has 0 unspecified atom stereocenters. The van der Waals surface area contributed by atoms with Crippen molar-refractivity contribution in [2.24, 2.45) is 0 Å². The highest BCUT2D eigenvalue weighted by molar-refractivity contribution is 6.04. The molecule has 0 saturated heterocycles. The summed E-state index contributed by atoms with van der Waals surface area (Å²) >= 11 is 0. The second-order valence-electron chi connectivity index (χ2n) is 3.23. The molecule has 16 heavy (non-hydrogen) atoms. The molecule has 0 aliphatic heterocycles. The fourth-order valence-electron chi connectivity index (χ4n) is 1.23. The molecule has 4 nitrogen and oxygen atoms in total. The molecule has 4 heteroatoms. The fraction of sp³-hybridized carbons (Fsp3) is 0.167. The van der Waals surface area contributed by atoms with Gasteiger partial charge in [0, 0.05) is 0 Å². The lowest BCUT2D eigenvalue weighted by Crippen LogP contribution is -2.12. The smallest absolute Gasteiger partial charge is 0.339 e. The van der Waals surface area contributed by atoms with E-state index in [0.29, 0.717) is 11.3 Å². The van der Waals surface area contributed by atoms with Crippen molar-refractivity contribution < 1.29 is 14.3 Å². The fourth-order valence-corrected chi connectivity index (χ4v) is 1.23. The number of esters is 1. The van der Waals surface area contributed by atoms with Crippen LogP contribution in [0.15, 0.2) is 30.9 Å². The van der Waals surface area contributed by atoms with Crippen molar-refractivity contribution in [3.8, 4) is 0 Å². The zero-order valence-corrected chi connectivity index (χ0v) is 9.24. The minimum Gasteiger partial charge on any atom is -0.465 e. The summed E-state index contributed by atoms with van der Waals surface area (Å²) in [6.07, 6.45) is 1.14. The van der Waals surface area contributed by atoms with E-state index in [0.717, 1.165) is 11.6 Å². The summed E-state index contributed by atoms with van der Waals surface area (Å²) in [6.45, 7) is 5.19. The number of benzene rings is 1. The van der Waals surface area contributed by atoms with Gasteiger partial charge in [-0.2, -0.15) is 0 Å². The molecule has 0 heterocycles. The van der Waals surface area contributed by atoms with E-state index in [1.54, 1.807) is 18.2 Å². The van der Waals surface area contributed by atoms with Crippen molar-refractivity contribution in [1.29, 1.82) is 0 Å². The van der Waals surface area contributed by atoms with E-state index in [1.807, 2.05) is 6.92 Å². The number of anilines is 1. The Morgan fingerprint density at radius 3 is 2.69 bits per heavy atom. The summed E-state index contributed by atoms with van der Waals surface area (Å²) in [5.74, 6) is -0.850. The lowest BCUT2D eigenvalue weighted by atomic mass is 10.1. The van der Waals surface area contributed by atoms with E-state index >= 15 is 0 Å². The van der Waals surface area contributed by atoms with Gasteiger partial charge in [0.1, 0.15) is 0 Å². The third kappa shape index (κ3) is 2.70. The van der Waals surface area contributed by atoms with E-state index in [2.05, 4.69) is 16.6 Å². The Kier molecular flexibility index (Phi) is 3.83. The molecule has 1 aromatic rings. The second kappa shape index (κ2) is 5.11. The van der Waals surface area contributed by atoms with Crippen molar-refractivity contribution in [1.82, 2.24) is 0 Å². The molecular weight excluding hydrogens is 206 g/mol. The van der Waals surface area contributed by atoms with Crippen LogP contribution in [0.25, 0.3) is 0 Å². The minimum absolute atomic E-state index is 0.331. The molecule has 1 aromatic carbocycles. The van der Waals surface area contributed by atoms with Crippen LogP contribution in [0, 0.1) is 6.92 Å². The van der Waals surface area contributed by atoms with Gasteiger partial charge in [-0.15, -0.1) is 0 Å². The number of carbonyl (C=O) groups is 2. The van der Waals surface area contributed by atoms with Crippen LogP contribution in [0.5, 0.6) is 0 Å². The van der Waals surface area contributed by atoms with Crippen molar-refractivity contribution in [3.63, 3.8) is 0 Å². The zero-order valence-electron chi connectivity index (χ0n) is 9.24. The number of aryl methyl sites for hydroxylation is 1. The van der Waals surface area contributed by atoms with Crippen LogP contribution in [0.1, 0.15) is 15.9 Å². The van der Waals surface area contributed by atoms with Crippen LogP contribution in [0.3, 0.4) is 0 Å². The van der Waals surface area contributed by atoms with Gasteiger partial charge in [0.05, 0.1) is 18.4 Å². The van der Waals surface area contributed by atoms with Gasteiger partial charge >= 0.3 is 5.97 Å². The Balaban J connectivity index is 3.12. The summed E-state index contributed by atoms with van der Waals surface area (Å²) in [5.41, 5.74) is 1.66. The second-order valence-corrected chi connectivity index (χ2v) is 3.23. The molecule has 0 atom stereocenters. The highest BCUT2D eigenvalue weighted by atomic mass is 16.5. The standard InChI is InChI=1S/C12H13NO3/c1-4-11(14)13-10-6-5-8(2)7-9(10)12(15)16-3/h4-7H,1H2,2-3H3,(H,13,14). The molecule has 1 N–H and O–H groups in total. The number of ether oxygens (including phenoxy) is 1. The number of rotatable bonds is 3. The predicted octanol–water partition coefficient (Wildman–Crippen LogP) is 1.91. The highest BCUT2D eigenvalue weighted by Gasteiger charge is 2.12. The van der Waals surface area contributed by atoms with E-state index < -0.39 is 5.97 Å². The van der Waals surface area contributed by atoms with Crippen molar-refractivity contribution >= 4 is 17.6 Å². The average molecular weight is 219 g/mol. The topological polar surface area (TPSA) is 55.4 Å². The molecule has 84 valence electrons. The zero-order chi connectivity index (χ0) is 12.1. The van der Waals surface area contributed by atoms with Crippen LogP contribution in [-0.4, -0.2) is 19.0 Å². The average Bonchev–Trinajstić information content (AvgIpc) is 2.30. The van der Waals surface area contributed by atoms with E-state index in [1.165, 1.54) is 7.11 Å². The van der Waals surface area contributed by atoms with Gasteiger partial charge < -0.3 is 10.1 Å². The first-order valence-electron chi connectivity index (χ1n) is 4.71. The van der Waals surface area contributed by atoms with Gasteiger partial charge in [-0.25, -0.2) is 4.79 Å². The Morgan fingerprint density at radius 2 is 2.12 bits per heavy atom. The lowest BCUT2D eigenvalue weighted by molar-refractivity contribution is -0.111. The van der Waals surface area contributed by atoms with Crippen LogP contribution < -0.4 is 5.32 Å². The molecule has 0 radical (unpaired) electrons. The molecule has 0 fully saturated rings. The first-order valence-corrected chi connectivity index (χ1v) is 4.71. The number of hydrogen-bond donors (Lipinski definition) is 1. The van der Waals surface area contributed by atoms with Crippen LogP contribution in [0.2, 0.25) is 0 Å². The molecular formula is C12H13NO3. The molecule has 0 saturated carbocycles. The summed E-state index contributed by atoms with van der Waals surface area (Å²) in [5, 5.41) is 2.54. The third-order valence-corrected chi connectivity index (χ3v) is 2.02. The predicted molar refractivity (Wildman–Crippen MR) is 61.3 cm³/mol. The van der Waals surface area contributed by atoms with Gasteiger partial charge in [-0.05, 0) is 25.1 Å². The maximum absolute atomic E-state index is 11.5. The van der Waals surface area contributed by atoms with Crippen molar-refractivity contribution in [2.75, 3.05) is 12.4 Å². The molecule has 0 bridgehead atoms. The molecule has 0 aromatic heterocycles. The monoisotopic (exact) mass is 219 g/mol. The first kappa shape index (κ1) is 12.0. The number of nitrogens with one attached hydrogen (secondary N) is 1. The number of amides is 1. The van der Waals surface area contributed by atoms with Crippen LogP contribution in [-0.2, 0) is 9.53 Å². The molecule has 0 aliphatic carbocycles. The van der Waals surface area contributed by atoms with E-state index in [9.17, 15) is 9.59 Å². The maximum Gasteiger partial charge on any atom is 0.339 e. The SMILES string of the molecule is C=CC(=O)Nc1ccc(C)cc1C(=O)OC. The lowest BCUT2D eigenvalue weighted by Gasteiger charge is -2.08. The van der Waals surface area contributed by atoms with E-state index in [-0.39, 0.29) is 5.91 Å². The van der Waals surface area contributed by atoms with E-state index in [4.69, 9.17) is 0 Å². The van der Waals surface area contributed by atoms with Gasteiger partial charge in [0.15, 0.2) is 0 Å². The Morgan fingerprint density at radius 1 is 1.44 bits per heavy atom. The largest absolute Gasteiger partial charge is 0.465 e. The quantitative estimate of drug-likeness (QED) is 0.624. The Labute approximate surface area is 93.9 Å². The van der Waals surface area contributed by atoms with Crippen LogP contribution in [0.4, 0.5) is 5.69 Å². The maximum atomic E-state index is 11.5. The first-order chi connectivity index (χ1) is 7.58. The minimum atomic E-state index is -0.483. The van der Waals surface area contributed by atoms with Crippen molar-refractivity contribution in [3.05, 3.63) is 42.0 Å². The Bertz CT molecular complexity index is 438. The summed E-state index contributed by atoms with van der Waals surface area (Å²) in [6, 6.07) is 5.11. The summed E-state index contributed by atoms with van der Waals surface area (Å²) in [4.78, 5) is 22.6. The highest BCUT2D eigenvalue weighted by Crippen LogP contribution is 2.18. The van der Waals surface area contributed by atoms with Gasteiger partial charge in [0.2, 0.25) is 5.91 Å². The molecule has 0 aliphatic rings. The van der Waals surface area contributed by atoms with Gasteiger partial charge in [-0.1, -0.05) is 18.2 Å². The summed E-state index contributed by atoms with van der Waals surface area (Å²) in [7, 11) is 1.30. The number of hydrogen-bond acceptors (Lipinski definition) is 3. The third-order valence-electron chi connectivity index (χ3n) is 2.02. The molecule has 1 rings (SSSR count).